The van der Waals surface area contributed by atoms with Crippen molar-refractivity contribution in [2.24, 2.45) is 5.92 Å². The Morgan fingerprint density at radius 1 is 1.14 bits per heavy atom. The van der Waals surface area contributed by atoms with Crippen LogP contribution in [-0.2, 0) is 0 Å². The van der Waals surface area contributed by atoms with Gasteiger partial charge in [0.2, 0.25) is 0 Å². The van der Waals surface area contributed by atoms with Gasteiger partial charge in [-0.3, -0.25) is 0 Å². The first-order valence-electron chi connectivity index (χ1n) is 8.62. The lowest BCUT2D eigenvalue weighted by Gasteiger charge is -2.26. The molecule has 0 amide bonds. The minimum absolute atomic E-state index is 0.436. The standard InChI is InChI=1S/C19H32ClN/c1-5-8-10-16(7-3)14-19(21-13-6-2)17-11-9-12-18(20)15(17)4/h9,11-12,16,19,21H,5-8,10,13-14H2,1-4H3. The molecule has 2 heteroatoms. The van der Waals surface area contributed by atoms with Crippen LogP contribution in [0.15, 0.2) is 18.2 Å². The lowest BCUT2D eigenvalue weighted by atomic mass is 9.87. The molecule has 0 aliphatic carbocycles. The Hall–Kier alpha value is -0.530. The largest absolute Gasteiger partial charge is 0.310 e. The summed E-state index contributed by atoms with van der Waals surface area (Å²) in [5, 5.41) is 4.62. The van der Waals surface area contributed by atoms with Gasteiger partial charge in [0.15, 0.2) is 0 Å². The minimum Gasteiger partial charge on any atom is -0.310 e. The van der Waals surface area contributed by atoms with E-state index < -0.39 is 0 Å². The smallest absolute Gasteiger partial charge is 0.0438 e. The zero-order valence-corrected chi connectivity index (χ0v) is 15.0. The maximum absolute atomic E-state index is 6.32. The summed E-state index contributed by atoms with van der Waals surface area (Å²) >= 11 is 6.32. The van der Waals surface area contributed by atoms with Crippen LogP contribution >= 0.6 is 11.6 Å². The van der Waals surface area contributed by atoms with E-state index in [1.165, 1.54) is 49.7 Å². The van der Waals surface area contributed by atoms with Crippen molar-refractivity contribution in [3.8, 4) is 0 Å². The van der Waals surface area contributed by atoms with Crippen molar-refractivity contribution < 1.29 is 0 Å². The summed E-state index contributed by atoms with van der Waals surface area (Å²) in [4.78, 5) is 0. The SMILES string of the molecule is CCCCC(CC)CC(NCCC)c1cccc(Cl)c1C. The number of unbranched alkanes of at least 4 members (excludes halogenated alkanes) is 1. The fourth-order valence-electron chi connectivity index (χ4n) is 2.96. The lowest BCUT2D eigenvalue weighted by molar-refractivity contribution is 0.353. The third-order valence-electron chi connectivity index (χ3n) is 4.44. The molecule has 0 bridgehead atoms. The summed E-state index contributed by atoms with van der Waals surface area (Å²) in [7, 11) is 0. The molecule has 1 nitrogen and oxygen atoms in total. The van der Waals surface area contributed by atoms with Gasteiger partial charge in [0.25, 0.3) is 0 Å². The topological polar surface area (TPSA) is 12.0 Å². The van der Waals surface area contributed by atoms with Crippen molar-refractivity contribution in [2.45, 2.75) is 72.3 Å². The molecule has 0 saturated heterocycles. The van der Waals surface area contributed by atoms with Gasteiger partial charge in [0.1, 0.15) is 0 Å². The number of rotatable bonds is 10. The Balaban J connectivity index is 2.85. The Kier molecular flexibility index (Phi) is 9.03. The van der Waals surface area contributed by atoms with Gasteiger partial charge in [0.05, 0.1) is 0 Å². The molecule has 2 atom stereocenters. The maximum Gasteiger partial charge on any atom is 0.0438 e. The molecular weight excluding hydrogens is 278 g/mol. The van der Waals surface area contributed by atoms with E-state index in [2.05, 4.69) is 45.1 Å². The van der Waals surface area contributed by atoms with E-state index in [1.54, 1.807) is 0 Å². The average molecular weight is 310 g/mol. The van der Waals surface area contributed by atoms with Gasteiger partial charge in [-0.2, -0.15) is 0 Å². The van der Waals surface area contributed by atoms with Gasteiger partial charge in [-0.15, -0.1) is 0 Å². The molecule has 1 rings (SSSR count). The molecule has 0 radical (unpaired) electrons. The van der Waals surface area contributed by atoms with Gasteiger partial charge in [-0.05, 0) is 49.4 Å². The molecule has 1 aromatic rings. The highest BCUT2D eigenvalue weighted by Gasteiger charge is 2.18. The van der Waals surface area contributed by atoms with Gasteiger partial charge in [0, 0.05) is 11.1 Å². The van der Waals surface area contributed by atoms with Gasteiger partial charge in [-0.25, -0.2) is 0 Å². The van der Waals surface area contributed by atoms with Crippen LogP contribution < -0.4 is 5.32 Å². The summed E-state index contributed by atoms with van der Waals surface area (Å²) in [6.07, 6.45) is 7.63. The number of halogens is 1. The van der Waals surface area contributed by atoms with Crippen molar-refractivity contribution in [2.75, 3.05) is 6.54 Å². The molecule has 0 aliphatic rings. The summed E-state index contributed by atoms with van der Waals surface area (Å²) in [6, 6.07) is 6.75. The highest BCUT2D eigenvalue weighted by molar-refractivity contribution is 6.31. The van der Waals surface area contributed by atoms with Crippen LogP contribution in [0.25, 0.3) is 0 Å². The van der Waals surface area contributed by atoms with E-state index in [0.29, 0.717) is 6.04 Å². The van der Waals surface area contributed by atoms with Crippen molar-refractivity contribution in [1.29, 1.82) is 0 Å². The molecule has 1 aromatic carbocycles. The highest BCUT2D eigenvalue weighted by Crippen LogP contribution is 2.31. The third-order valence-corrected chi connectivity index (χ3v) is 4.85. The highest BCUT2D eigenvalue weighted by atomic mass is 35.5. The summed E-state index contributed by atoms with van der Waals surface area (Å²) in [6.45, 7) is 10.0. The fraction of sp³-hybridized carbons (Fsp3) is 0.684. The number of hydrogen-bond donors (Lipinski definition) is 1. The Bertz CT molecular complexity index is 403. The molecule has 2 unspecified atom stereocenters. The van der Waals surface area contributed by atoms with E-state index >= 15 is 0 Å². The van der Waals surface area contributed by atoms with Crippen molar-refractivity contribution in [3.05, 3.63) is 34.3 Å². The fourth-order valence-corrected chi connectivity index (χ4v) is 3.14. The molecule has 21 heavy (non-hydrogen) atoms. The first-order valence-corrected chi connectivity index (χ1v) is 9.00. The van der Waals surface area contributed by atoms with Crippen LogP contribution in [0.1, 0.15) is 76.5 Å². The summed E-state index contributed by atoms with van der Waals surface area (Å²) in [5.41, 5.74) is 2.61. The van der Waals surface area contributed by atoms with E-state index in [0.717, 1.165) is 17.5 Å². The monoisotopic (exact) mass is 309 g/mol. The van der Waals surface area contributed by atoms with Crippen LogP contribution in [0.5, 0.6) is 0 Å². The quantitative estimate of drug-likeness (QED) is 0.535. The Labute approximate surface area is 136 Å². The van der Waals surface area contributed by atoms with Crippen molar-refractivity contribution >= 4 is 11.6 Å². The molecular formula is C19H32ClN. The van der Waals surface area contributed by atoms with Crippen LogP contribution in [0.4, 0.5) is 0 Å². The zero-order chi connectivity index (χ0) is 15.7. The van der Waals surface area contributed by atoms with Crippen LogP contribution in [0.3, 0.4) is 0 Å². The molecule has 0 fully saturated rings. The van der Waals surface area contributed by atoms with Gasteiger partial charge in [-0.1, -0.05) is 70.2 Å². The van der Waals surface area contributed by atoms with Crippen LogP contribution in [-0.4, -0.2) is 6.54 Å². The van der Waals surface area contributed by atoms with Gasteiger partial charge >= 0.3 is 0 Å². The second-order valence-corrected chi connectivity index (χ2v) is 6.52. The Morgan fingerprint density at radius 2 is 1.90 bits per heavy atom. The zero-order valence-electron chi connectivity index (χ0n) is 14.2. The second-order valence-electron chi connectivity index (χ2n) is 6.11. The predicted octanol–water partition coefficient (Wildman–Crippen LogP) is 6.30. The first kappa shape index (κ1) is 18.5. The van der Waals surface area contributed by atoms with E-state index in [-0.39, 0.29) is 0 Å². The minimum atomic E-state index is 0.436. The van der Waals surface area contributed by atoms with Crippen LogP contribution in [0.2, 0.25) is 5.02 Å². The molecule has 0 spiro atoms. The normalized spacial score (nSPS) is 14.1. The van der Waals surface area contributed by atoms with E-state index in [4.69, 9.17) is 11.6 Å². The molecule has 0 heterocycles. The van der Waals surface area contributed by atoms with E-state index in [9.17, 15) is 0 Å². The molecule has 0 aliphatic heterocycles. The lowest BCUT2D eigenvalue weighted by Crippen LogP contribution is -2.25. The third kappa shape index (κ3) is 6.00. The van der Waals surface area contributed by atoms with Crippen molar-refractivity contribution in [3.63, 3.8) is 0 Å². The summed E-state index contributed by atoms with van der Waals surface area (Å²) < 4.78 is 0. The number of hydrogen-bond acceptors (Lipinski definition) is 1. The summed E-state index contributed by atoms with van der Waals surface area (Å²) in [5.74, 6) is 0.803. The first-order chi connectivity index (χ1) is 10.1. The second kappa shape index (κ2) is 10.2. The molecule has 0 saturated carbocycles. The average Bonchev–Trinajstić information content (AvgIpc) is 2.50. The molecule has 120 valence electrons. The molecule has 1 N–H and O–H groups in total. The predicted molar refractivity (Wildman–Crippen MR) is 95.1 cm³/mol. The van der Waals surface area contributed by atoms with Crippen LogP contribution in [0, 0.1) is 12.8 Å². The number of nitrogens with one attached hydrogen (secondary N) is 1. The van der Waals surface area contributed by atoms with Gasteiger partial charge < -0.3 is 5.32 Å². The maximum atomic E-state index is 6.32. The van der Waals surface area contributed by atoms with Crippen molar-refractivity contribution in [1.82, 2.24) is 5.32 Å². The Morgan fingerprint density at radius 3 is 2.52 bits per heavy atom. The number of benzene rings is 1. The molecule has 0 aromatic heterocycles. The van der Waals surface area contributed by atoms with E-state index in [1.807, 2.05) is 6.07 Å².